The van der Waals surface area contributed by atoms with Gasteiger partial charge in [0.25, 0.3) is 0 Å². The molecule has 0 saturated carbocycles. The topological polar surface area (TPSA) is 24.1 Å². The lowest BCUT2D eigenvalue weighted by molar-refractivity contribution is 0.547. The van der Waals surface area contributed by atoms with E-state index in [0.29, 0.717) is 0 Å². The van der Waals surface area contributed by atoms with Crippen LogP contribution in [0, 0.1) is 0 Å². The molecule has 1 heterocycles. The summed E-state index contributed by atoms with van der Waals surface area (Å²) in [4.78, 5) is 0. The molecule has 1 aliphatic rings. The van der Waals surface area contributed by atoms with Gasteiger partial charge in [0.15, 0.2) is 0 Å². The van der Waals surface area contributed by atoms with Crippen LogP contribution in [-0.2, 0) is 0 Å². The molecule has 2 N–H and O–H groups in total. The number of nitrogens with one attached hydrogen (secondary N) is 2. The van der Waals surface area contributed by atoms with Crippen LogP contribution < -0.4 is 10.6 Å². The van der Waals surface area contributed by atoms with Crippen molar-refractivity contribution in [2.45, 2.75) is 18.9 Å². The monoisotopic (exact) mass is 174 g/mol. The molecule has 1 unspecified atom stereocenters. The molecule has 11 heavy (non-hydrogen) atoms. The van der Waals surface area contributed by atoms with E-state index in [2.05, 4.69) is 16.9 Å². The van der Waals surface area contributed by atoms with Crippen molar-refractivity contribution in [3.8, 4) is 0 Å². The Bertz CT molecular complexity index is 92.1. The summed E-state index contributed by atoms with van der Waals surface area (Å²) in [6.45, 7) is 3.55. The molecule has 3 heteroatoms. The molecule has 1 fully saturated rings. The maximum atomic E-state index is 3.54. The molecular weight excluding hydrogens is 156 g/mol. The van der Waals surface area contributed by atoms with Crippen molar-refractivity contribution in [2.75, 3.05) is 31.6 Å². The van der Waals surface area contributed by atoms with Gasteiger partial charge in [-0.25, -0.2) is 0 Å². The Morgan fingerprint density at radius 3 is 3.18 bits per heavy atom. The van der Waals surface area contributed by atoms with E-state index in [1.165, 1.54) is 38.2 Å². The highest BCUT2D eigenvalue weighted by atomic mass is 32.2. The van der Waals surface area contributed by atoms with Gasteiger partial charge in [-0.2, -0.15) is 11.8 Å². The minimum atomic E-state index is 0.747. The third kappa shape index (κ3) is 3.99. The highest BCUT2D eigenvalue weighted by Crippen LogP contribution is 1.98. The van der Waals surface area contributed by atoms with E-state index in [1.54, 1.807) is 0 Å². The van der Waals surface area contributed by atoms with Crippen molar-refractivity contribution in [2.24, 2.45) is 0 Å². The fourth-order valence-electron chi connectivity index (χ4n) is 1.35. The second kappa shape index (κ2) is 5.86. The van der Waals surface area contributed by atoms with E-state index in [4.69, 9.17) is 0 Å². The van der Waals surface area contributed by atoms with Gasteiger partial charge in [-0.1, -0.05) is 0 Å². The Morgan fingerprint density at radius 1 is 1.64 bits per heavy atom. The molecule has 1 aliphatic heterocycles. The molecule has 1 saturated heterocycles. The first-order chi connectivity index (χ1) is 5.43. The van der Waals surface area contributed by atoms with Gasteiger partial charge in [-0.05, 0) is 37.9 Å². The van der Waals surface area contributed by atoms with Crippen LogP contribution >= 0.6 is 11.8 Å². The zero-order valence-electron chi connectivity index (χ0n) is 7.23. The molecule has 2 nitrogen and oxygen atoms in total. The van der Waals surface area contributed by atoms with Crippen LogP contribution in [0.5, 0.6) is 0 Å². The maximum absolute atomic E-state index is 3.54. The largest absolute Gasteiger partial charge is 0.315 e. The summed E-state index contributed by atoms with van der Waals surface area (Å²) in [5.41, 5.74) is 0. The van der Waals surface area contributed by atoms with Crippen LogP contribution in [0.2, 0.25) is 0 Å². The average molecular weight is 174 g/mol. The lowest BCUT2D eigenvalue weighted by Gasteiger charge is -2.09. The molecule has 1 rings (SSSR count). The number of hydrogen-bond donors (Lipinski definition) is 2. The van der Waals surface area contributed by atoms with Crippen molar-refractivity contribution in [3.05, 3.63) is 0 Å². The van der Waals surface area contributed by atoms with Gasteiger partial charge >= 0.3 is 0 Å². The standard InChI is InChI=1S/C8H18N2S/c1-11-6-2-4-10-8-3-5-9-7-8/h8-10H,2-7H2,1H3. The third-order valence-corrected chi connectivity index (χ3v) is 2.72. The minimum absolute atomic E-state index is 0.747. The van der Waals surface area contributed by atoms with Gasteiger partial charge in [-0.3, -0.25) is 0 Å². The smallest absolute Gasteiger partial charge is 0.0204 e. The van der Waals surface area contributed by atoms with Crippen LogP contribution in [-0.4, -0.2) is 37.7 Å². The van der Waals surface area contributed by atoms with Crippen LogP contribution in [0.1, 0.15) is 12.8 Å². The predicted molar refractivity (Wildman–Crippen MR) is 52.3 cm³/mol. The molecule has 1 atom stereocenters. The first-order valence-corrected chi connectivity index (χ1v) is 5.76. The molecule has 0 bridgehead atoms. The Balaban J connectivity index is 1.86. The van der Waals surface area contributed by atoms with Gasteiger partial charge < -0.3 is 10.6 Å². The van der Waals surface area contributed by atoms with Crippen molar-refractivity contribution in [1.29, 1.82) is 0 Å². The van der Waals surface area contributed by atoms with E-state index in [1.807, 2.05) is 11.8 Å². The van der Waals surface area contributed by atoms with E-state index >= 15 is 0 Å². The lowest BCUT2D eigenvalue weighted by Crippen LogP contribution is -2.31. The maximum Gasteiger partial charge on any atom is 0.0204 e. The Kier molecular flexibility index (Phi) is 4.99. The van der Waals surface area contributed by atoms with Crippen molar-refractivity contribution < 1.29 is 0 Å². The zero-order chi connectivity index (χ0) is 7.94. The zero-order valence-corrected chi connectivity index (χ0v) is 8.04. The Morgan fingerprint density at radius 2 is 2.55 bits per heavy atom. The summed E-state index contributed by atoms with van der Waals surface area (Å²) >= 11 is 1.93. The number of hydrogen-bond acceptors (Lipinski definition) is 3. The van der Waals surface area contributed by atoms with Crippen LogP contribution in [0.25, 0.3) is 0 Å². The minimum Gasteiger partial charge on any atom is -0.315 e. The second-order valence-corrected chi connectivity index (χ2v) is 3.98. The van der Waals surface area contributed by atoms with E-state index in [-0.39, 0.29) is 0 Å². The molecule has 0 aromatic rings. The first kappa shape index (κ1) is 9.36. The molecule has 0 radical (unpaired) electrons. The summed E-state index contributed by atoms with van der Waals surface area (Å²) in [6, 6.07) is 0.747. The van der Waals surface area contributed by atoms with Crippen molar-refractivity contribution >= 4 is 11.8 Å². The van der Waals surface area contributed by atoms with Gasteiger partial charge in [-0.15, -0.1) is 0 Å². The molecule has 0 aromatic heterocycles. The Labute approximate surface area is 73.5 Å². The fraction of sp³-hybridized carbons (Fsp3) is 1.00. The fourth-order valence-corrected chi connectivity index (χ4v) is 1.78. The molecule has 0 aromatic carbocycles. The van der Waals surface area contributed by atoms with Crippen molar-refractivity contribution in [3.63, 3.8) is 0 Å². The molecule has 0 spiro atoms. The first-order valence-electron chi connectivity index (χ1n) is 4.36. The van der Waals surface area contributed by atoms with E-state index in [0.717, 1.165) is 6.04 Å². The third-order valence-electron chi connectivity index (χ3n) is 2.02. The summed E-state index contributed by atoms with van der Waals surface area (Å²) in [6.07, 6.45) is 4.77. The molecule has 66 valence electrons. The van der Waals surface area contributed by atoms with E-state index < -0.39 is 0 Å². The van der Waals surface area contributed by atoms with E-state index in [9.17, 15) is 0 Å². The summed E-state index contributed by atoms with van der Waals surface area (Å²) in [7, 11) is 0. The SMILES string of the molecule is CSCCCNC1CCNC1. The van der Waals surface area contributed by atoms with Crippen LogP contribution in [0.4, 0.5) is 0 Å². The summed E-state index contributed by atoms with van der Waals surface area (Å²) in [5.74, 6) is 1.28. The van der Waals surface area contributed by atoms with Crippen LogP contribution in [0.3, 0.4) is 0 Å². The van der Waals surface area contributed by atoms with Gasteiger partial charge in [0.05, 0.1) is 0 Å². The normalized spacial score (nSPS) is 24.3. The lowest BCUT2D eigenvalue weighted by atomic mass is 10.2. The van der Waals surface area contributed by atoms with Crippen molar-refractivity contribution in [1.82, 2.24) is 10.6 Å². The average Bonchev–Trinajstić information content (AvgIpc) is 2.50. The molecule has 0 aliphatic carbocycles. The molecule has 0 amide bonds. The number of rotatable bonds is 5. The van der Waals surface area contributed by atoms with Gasteiger partial charge in [0.2, 0.25) is 0 Å². The highest BCUT2D eigenvalue weighted by Gasteiger charge is 2.11. The summed E-state index contributed by atoms with van der Waals surface area (Å²) < 4.78 is 0. The number of thioether (sulfide) groups is 1. The quantitative estimate of drug-likeness (QED) is 0.600. The van der Waals surface area contributed by atoms with Gasteiger partial charge in [0.1, 0.15) is 0 Å². The van der Waals surface area contributed by atoms with Gasteiger partial charge in [0, 0.05) is 12.6 Å². The predicted octanol–water partition coefficient (Wildman–Crippen LogP) is 0.691. The Hall–Kier alpha value is 0.270. The second-order valence-electron chi connectivity index (χ2n) is 2.99. The summed E-state index contributed by atoms with van der Waals surface area (Å²) in [5, 5.41) is 6.89. The van der Waals surface area contributed by atoms with Crippen LogP contribution in [0.15, 0.2) is 0 Å². The highest BCUT2D eigenvalue weighted by molar-refractivity contribution is 7.98. The molecular formula is C8H18N2S.